The maximum absolute atomic E-state index is 13.0. The number of halogens is 1. The van der Waals surface area contributed by atoms with E-state index < -0.39 is 0 Å². The number of ether oxygens (including phenoxy) is 1. The van der Waals surface area contributed by atoms with Crippen LogP contribution in [0.4, 0.5) is 4.39 Å². The Balaban J connectivity index is 1.85. The molecule has 1 aromatic heterocycles. The Morgan fingerprint density at radius 2 is 1.88 bits per heavy atom. The maximum atomic E-state index is 13.0. The molecule has 0 saturated heterocycles. The van der Waals surface area contributed by atoms with Crippen LogP contribution >= 0.6 is 11.3 Å². The van der Waals surface area contributed by atoms with E-state index in [1.54, 1.807) is 42.5 Å². The molecule has 0 spiro atoms. The lowest BCUT2D eigenvalue weighted by Crippen LogP contribution is -2.00. The number of nitriles is 1. The molecule has 3 aromatic rings. The number of esters is 1. The van der Waals surface area contributed by atoms with Crippen LogP contribution in [0.2, 0.25) is 0 Å². The van der Waals surface area contributed by atoms with Gasteiger partial charge in [-0.3, -0.25) is 4.79 Å². The lowest BCUT2D eigenvalue weighted by molar-refractivity contribution is -0.131. The molecule has 1 heterocycles. The van der Waals surface area contributed by atoms with Crippen molar-refractivity contribution in [3.8, 4) is 23.1 Å². The average Bonchev–Trinajstić information content (AvgIpc) is 3.11. The van der Waals surface area contributed by atoms with Gasteiger partial charge in [-0.05, 0) is 48.0 Å². The molecule has 0 aliphatic heterocycles. The Morgan fingerprint density at radius 1 is 1.19 bits per heavy atom. The van der Waals surface area contributed by atoms with Gasteiger partial charge in [0.05, 0.1) is 11.3 Å². The van der Waals surface area contributed by atoms with Gasteiger partial charge in [-0.1, -0.05) is 12.1 Å². The summed E-state index contributed by atoms with van der Waals surface area (Å²) in [5, 5.41) is 11.9. The number of nitrogens with zero attached hydrogens (tertiary/aromatic N) is 2. The number of thiazole rings is 1. The van der Waals surface area contributed by atoms with Gasteiger partial charge in [0, 0.05) is 17.9 Å². The Bertz CT molecular complexity index is 1000. The smallest absolute Gasteiger partial charge is 0.308 e. The Hall–Kier alpha value is -3.30. The number of hydrogen-bond donors (Lipinski definition) is 0. The van der Waals surface area contributed by atoms with Crippen LogP contribution in [0.5, 0.6) is 5.75 Å². The summed E-state index contributed by atoms with van der Waals surface area (Å²) < 4.78 is 18.0. The highest BCUT2D eigenvalue weighted by Crippen LogP contribution is 2.27. The van der Waals surface area contributed by atoms with E-state index in [1.807, 2.05) is 5.38 Å². The zero-order valence-electron chi connectivity index (χ0n) is 13.8. The third-order valence-corrected chi connectivity index (χ3v) is 4.32. The van der Waals surface area contributed by atoms with Crippen LogP contribution in [0.3, 0.4) is 0 Å². The van der Waals surface area contributed by atoms with E-state index >= 15 is 0 Å². The molecule has 0 N–H and O–H groups in total. The summed E-state index contributed by atoms with van der Waals surface area (Å²) in [6.45, 7) is 1.34. The molecule has 2 aromatic carbocycles. The van der Waals surface area contributed by atoms with Crippen LogP contribution in [0.25, 0.3) is 22.9 Å². The first-order valence-corrected chi connectivity index (χ1v) is 8.55. The molecule has 0 saturated carbocycles. The van der Waals surface area contributed by atoms with E-state index in [0.717, 1.165) is 11.1 Å². The van der Waals surface area contributed by atoms with Crippen molar-refractivity contribution in [2.24, 2.45) is 0 Å². The summed E-state index contributed by atoms with van der Waals surface area (Å²) in [6.07, 6.45) is 1.71. The maximum Gasteiger partial charge on any atom is 0.308 e. The molecular formula is C20H13FN2O2S. The Kier molecular flexibility index (Phi) is 5.20. The fraction of sp³-hybridized carbons (Fsp3) is 0.0500. The Morgan fingerprint density at radius 3 is 2.50 bits per heavy atom. The van der Waals surface area contributed by atoms with E-state index in [4.69, 9.17) is 4.74 Å². The molecule has 0 radical (unpaired) electrons. The minimum atomic E-state index is -0.387. The van der Waals surface area contributed by atoms with Crippen molar-refractivity contribution in [2.45, 2.75) is 6.92 Å². The van der Waals surface area contributed by atoms with Gasteiger partial charge in [0.1, 0.15) is 22.6 Å². The molecule has 26 heavy (non-hydrogen) atoms. The van der Waals surface area contributed by atoms with Gasteiger partial charge in [0.2, 0.25) is 0 Å². The minimum absolute atomic E-state index is 0.306. The quantitative estimate of drug-likeness (QED) is 0.374. The van der Waals surface area contributed by atoms with Gasteiger partial charge in [0.15, 0.2) is 0 Å². The first-order chi connectivity index (χ1) is 12.5. The van der Waals surface area contributed by atoms with Crippen molar-refractivity contribution in [1.82, 2.24) is 4.98 Å². The molecule has 0 aliphatic rings. The lowest BCUT2D eigenvalue weighted by atomic mass is 10.1. The molecule has 0 bridgehead atoms. The molecule has 0 unspecified atom stereocenters. The zero-order valence-corrected chi connectivity index (χ0v) is 14.6. The topological polar surface area (TPSA) is 63.0 Å². The van der Waals surface area contributed by atoms with Gasteiger partial charge in [-0.15, -0.1) is 11.3 Å². The van der Waals surface area contributed by atoms with Crippen molar-refractivity contribution < 1.29 is 13.9 Å². The minimum Gasteiger partial charge on any atom is -0.427 e. The van der Waals surface area contributed by atoms with Gasteiger partial charge >= 0.3 is 5.97 Å². The van der Waals surface area contributed by atoms with Crippen LogP contribution in [-0.4, -0.2) is 11.0 Å². The second-order valence-electron chi connectivity index (χ2n) is 5.38. The van der Waals surface area contributed by atoms with Crippen LogP contribution in [0.1, 0.15) is 17.5 Å². The molecule has 128 valence electrons. The lowest BCUT2D eigenvalue weighted by Gasteiger charge is -2.01. The van der Waals surface area contributed by atoms with Crippen molar-refractivity contribution in [2.75, 3.05) is 0 Å². The predicted molar refractivity (Wildman–Crippen MR) is 98.7 cm³/mol. The van der Waals surface area contributed by atoms with E-state index in [0.29, 0.717) is 22.0 Å². The fourth-order valence-corrected chi connectivity index (χ4v) is 3.05. The van der Waals surface area contributed by atoms with Gasteiger partial charge < -0.3 is 4.74 Å². The number of carbonyl (C=O) groups is 1. The summed E-state index contributed by atoms with van der Waals surface area (Å²) in [5.41, 5.74) is 2.69. The normalized spacial score (nSPS) is 11.0. The molecule has 0 fully saturated rings. The summed E-state index contributed by atoms with van der Waals surface area (Å²) in [6, 6.07) is 15.0. The second-order valence-corrected chi connectivity index (χ2v) is 6.24. The van der Waals surface area contributed by atoms with Crippen LogP contribution in [0.15, 0.2) is 53.9 Å². The Labute approximate surface area is 153 Å². The molecule has 0 amide bonds. The summed E-state index contributed by atoms with van der Waals surface area (Å²) in [7, 11) is 0. The predicted octanol–water partition coefficient (Wildman–Crippen LogP) is 4.94. The van der Waals surface area contributed by atoms with Crippen molar-refractivity contribution in [1.29, 1.82) is 5.26 Å². The third kappa shape index (κ3) is 4.21. The molecule has 3 rings (SSSR count). The number of hydrogen-bond acceptors (Lipinski definition) is 5. The van der Waals surface area contributed by atoms with E-state index in [2.05, 4.69) is 11.1 Å². The average molecular weight is 364 g/mol. The largest absolute Gasteiger partial charge is 0.427 e. The van der Waals surface area contributed by atoms with E-state index in [1.165, 1.54) is 30.4 Å². The first-order valence-electron chi connectivity index (χ1n) is 7.67. The third-order valence-electron chi connectivity index (χ3n) is 3.45. The number of benzene rings is 2. The van der Waals surface area contributed by atoms with Gasteiger partial charge in [-0.25, -0.2) is 9.37 Å². The SMILES string of the molecule is CC(=O)Oc1ccc(/C=C(/C#N)c2nc(-c3ccc(F)cc3)cs2)cc1. The van der Waals surface area contributed by atoms with Crippen LogP contribution in [-0.2, 0) is 4.79 Å². The number of carbonyl (C=O) groups excluding carboxylic acids is 1. The summed E-state index contributed by atoms with van der Waals surface area (Å²) in [5.74, 6) is -0.248. The molecule has 4 nitrogen and oxygen atoms in total. The van der Waals surface area contributed by atoms with E-state index in [-0.39, 0.29) is 11.8 Å². The number of rotatable bonds is 4. The highest BCUT2D eigenvalue weighted by Gasteiger charge is 2.09. The summed E-state index contributed by atoms with van der Waals surface area (Å²) in [4.78, 5) is 15.4. The highest BCUT2D eigenvalue weighted by atomic mass is 32.1. The highest BCUT2D eigenvalue weighted by molar-refractivity contribution is 7.11. The standard InChI is InChI=1S/C20H13FN2O2S/c1-13(24)25-18-8-2-14(3-9-18)10-16(11-22)20-23-19(12-26-20)15-4-6-17(21)7-5-15/h2-10,12H,1H3/b16-10-. The molecule has 0 atom stereocenters. The second kappa shape index (κ2) is 7.72. The first kappa shape index (κ1) is 17.5. The van der Waals surface area contributed by atoms with Gasteiger partial charge in [0.25, 0.3) is 0 Å². The van der Waals surface area contributed by atoms with Crippen LogP contribution < -0.4 is 4.74 Å². The summed E-state index contributed by atoms with van der Waals surface area (Å²) >= 11 is 1.35. The van der Waals surface area contributed by atoms with Crippen molar-refractivity contribution in [3.05, 3.63) is 70.3 Å². The number of allylic oxidation sites excluding steroid dienone is 1. The molecule has 6 heteroatoms. The van der Waals surface area contributed by atoms with Crippen LogP contribution in [0, 0.1) is 17.1 Å². The van der Waals surface area contributed by atoms with Crippen molar-refractivity contribution in [3.63, 3.8) is 0 Å². The monoisotopic (exact) mass is 364 g/mol. The zero-order chi connectivity index (χ0) is 18.5. The van der Waals surface area contributed by atoms with E-state index in [9.17, 15) is 14.4 Å². The van der Waals surface area contributed by atoms with Crippen molar-refractivity contribution >= 4 is 29.0 Å². The molecular weight excluding hydrogens is 351 g/mol. The van der Waals surface area contributed by atoms with Gasteiger partial charge in [-0.2, -0.15) is 5.26 Å². The molecule has 0 aliphatic carbocycles. The fourth-order valence-electron chi connectivity index (χ4n) is 2.26. The number of aromatic nitrogens is 1.